The largest absolute Gasteiger partial charge is 0.478 e. The highest BCUT2D eigenvalue weighted by Gasteiger charge is 2.35. The van der Waals surface area contributed by atoms with Crippen molar-refractivity contribution in [2.24, 2.45) is 0 Å². The van der Waals surface area contributed by atoms with Gasteiger partial charge in [0.1, 0.15) is 5.82 Å². The van der Waals surface area contributed by atoms with Crippen LogP contribution in [0, 0.1) is 0 Å². The first kappa shape index (κ1) is 15.3. The van der Waals surface area contributed by atoms with Crippen molar-refractivity contribution in [1.82, 2.24) is 4.98 Å². The number of aliphatic hydroxyl groups is 1. The molecule has 1 aromatic carbocycles. The summed E-state index contributed by atoms with van der Waals surface area (Å²) in [5.41, 5.74) is -0.690. The average Bonchev–Trinajstić information content (AvgIpc) is 2.35. The molecule has 0 saturated carbocycles. The van der Waals surface area contributed by atoms with Crippen molar-refractivity contribution in [3.8, 4) is 0 Å². The second-order valence-corrected chi connectivity index (χ2v) is 6.18. The lowest BCUT2D eigenvalue weighted by molar-refractivity contribution is 0.0239. The predicted octanol–water partition coefficient (Wildman–Crippen LogP) is 2.89. The summed E-state index contributed by atoms with van der Waals surface area (Å²) in [5.74, 6) is -0.378. The number of carboxylic acid groups (broad SMARTS) is 1. The van der Waals surface area contributed by atoms with Gasteiger partial charge in [0.2, 0.25) is 0 Å². The van der Waals surface area contributed by atoms with Crippen LogP contribution in [0.1, 0.15) is 38.1 Å². The van der Waals surface area contributed by atoms with Crippen LogP contribution in [0.4, 0.5) is 5.82 Å². The van der Waals surface area contributed by atoms with E-state index in [0.29, 0.717) is 16.7 Å². The Morgan fingerprint density at radius 3 is 2.38 bits per heavy atom. The van der Waals surface area contributed by atoms with Crippen LogP contribution in [0.5, 0.6) is 0 Å². The van der Waals surface area contributed by atoms with E-state index in [1.165, 1.54) is 0 Å². The van der Waals surface area contributed by atoms with Gasteiger partial charge in [-0.2, -0.15) is 0 Å². The number of rotatable bonds is 4. The first-order chi connectivity index (χ1) is 9.62. The lowest BCUT2D eigenvalue weighted by atomic mass is 9.86. The Balaban J connectivity index is 2.43. The molecule has 3 N–H and O–H groups in total. The number of nitrogens with zero attached hydrogens (tertiary/aromatic N) is 1. The molecule has 0 saturated heterocycles. The van der Waals surface area contributed by atoms with Gasteiger partial charge < -0.3 is 15.5 Å². The van der Waals surface area contributed by atoms with E-state index in [9.17, 15) is 9.90 Å². The summed E-state index contributed by atoms with van der Waals surface area (Å²) in [6, 6.07) is 8.45. The zero-order chi connectivity index (χ0) is 15.8. The van der Waals surface area contributed by atoms with Crippen LogP contribution in [-0.2, 0) is 0 Å². The van der Waals surface area contributed by atoms with Crippen LogP contribution in [-0.4, -0.2) is 32.3 Å². The second kappa shape index (κ2) is 5.00. The first-order valence-corrected chi connectivity index (χ1v) is 6.75. The minimum atomic E-state index is -0.972. The fourth-order valence-electron chi connectivity index (χ4n) is 1.88. The predicted molar refractivity (Wildman–Crippen MR) is 82.7 cm³/mol. The summed E-state index contributed by atoms with van der Waals surface area (Å²) in [6.45, 7) is 7.21. The molecule has 0 fully saturated rings. The molecule has 2 rings (SSSR count). The van der Waals surface area contributed by atoms with Gasteiger partial charge in [0.15, 0.2) is 0 Å². The Morgan fingerprint density at radius 1 is 1.14 bits per heavy atom. The van der Waals surface area contributed by atoms with Gasteiger partial charge in [0.05, 0.1) is 22.2 Å². The molecule has 0 atom stereocenters. The number of benzene rings is 1. The maximum atomic E-state index is 11.2. The van der Waals surface area contributed by atoms with E-state index >= 15 is 0 Å². The molecule has 0 spiro atoms. The Bertz CT molecular complexity index is 687. The molecule has 0 amide bonds. The first-order valence-electron chi connectivity index (χ1n) is 6.75. The summed E-state index contributed by atoms with van der Waals surface area (Å²) in [6.07, 6.45) is 0. The molecular weight excluding hydrogens is 268 g/mol. The zero-order valence-electron chi connectivity index (χ0n) is 12.6. The van der Waals surface area contributed by atoms with Crippen LogP contribution < -0.4 is 5.32 Å². The van der Waals surface area contributed by atoms with Crippen molar-refractivity contribution in [2.45, 2.75) is 38.8 Å². The summed E-state index contributed by atoms with van der Waals surface area (Å²) < 4.78 is 0. The molecule has 0 bridgehead atoms. The standard InChI is InChI=1S/C16H20N2O3/c1-15(2,16(3,4)21)18-13-9-8-10-11(14(19)20)6-5-7-12(10)17-13/h5-9,21H,1-4H3,(H,17,18)(H,19,20). The maximum Gasteiger partial charge on any atom is 0.336 e. The highest BCUT2D eigenvalue weighted by Crippen LogP contribution is 2.26. The zero-order valence-corrected chi connectivity index (χ0v) is 12.6. The molecule has 0 radical (unpaired) electrons. The molecular formula is C16H20N2O3. The molecule has 0 aliphatic carbocycles. The van der Waals surface area contributed by atoms with Crippen LogP contribution in [0.3, 0.4) is 0 Å². The van der Waals surface area contributed by atoms with Gasteiger partial charge in [-0.1, -0.05) is 6.07 Å². The Hall–Kier alpha value is -2.14. The summed E-state index contributed by atoms with van der Waals surface area (Å²) in [7, 11) is 0. The van der Waals surface area contributed by atoms with Crippen molar-refractivity contribution < 1.29 is 15.0 Å². The normalized spacial score (nSPS) is 12.4. The maximum absolute atomic E-state index is 11.2. The number of hydrogen-bond acceptors (Lipinski definition) is 4. The topological polar surface area (TPSA) is 82.5 Å². The molecule has 2 aromatic rings. The summed E-state index contributed by atoms with van der Waals surface area (Å²) >= 11 is 0. The van der Waals surface area contributed by atoms with Gasteiger partial charge in [-0.25, -0.2) is 9.78 Å². The minimum absolute atomic E-state index is 0.230. The van der Waals surface area contributed by atoms with Gasteiger partial charge in [0.25, 0.3) is 0 Å². The van der Waals surface area contributed by atoms with E-state index in [2.05, 4.69) is 10.3 Å². The van der Waals surface area contributed by atoms with E-state index in [-0.39, 0.29) is 5.56 Å². The quantitative estimate of drug-likeness (QED) is 0.805. The number of nitrogens with one attached hydrogen (secondary N) is 1. The fourth-order valence-corrected chi connectivity index (χ4v) is 1.88. The molecule has 0 aliphatic rings. The van der Waals surface area contributed by atoms with E-state index in [0.717, 1.165) is 0 Å². The number of anilines is 1. The van der Waals surface area contributed by atoms with E-state index in [1.807, 2.05) is 13.8 Å². The Morgan fingerprint density at radius 2 is 1.81 bits per heavy atom. The third-order valence-corrected chi connectivity index (χ3v) is 3.93. The number of pyridine rings is 1. The van der Waals surface area contributed by atoms with Gasteiger partial charge in [-0.3, -0.25) is 0 Å². The highest BCUT2D eigenvalue weighted by molar-refractivity contribution is 6.02. The third-order valence-electron chi connectivity index (χ3n) is 3.93. The number of aromatic nitrogens is 1. The third kappa shape index (κ3) is 2.97. The van der Waals surface area contributed by atoms with Gasteiger partial charge in [0, 0.05) is 5.39 Å². The van der Waals surface area contributed by atoms with Crippen LogP contribution in [0.15, 0.2) is 30.3 Å². The Kier molecular flexibility index (Phi) is 3.63. The monoisotopic (exact) mass is 288 g/mol. The minimum Gasteiger partial charge on any atom is -0.478 e. The van der Waals surface area contributed by atoms with Crippen molar-refractivity contribution in [3.05, 3.63) is 35.9 Å². The molecule has 0 aliphatic heterocycles. The fraction of sp³-hybridized carbons (Fsp3) is 0.375. The van der Waals surface area contributed by atoms with Crippen LogP contribution in [0.2, 0.25) is 0 Å². The molecule has 1 aromatic heterocycles. The molecule has 1 heterocycles. The lowest BCUT2D eigenvalue weighted by Gasteiger charge is -2.38. The van der Waals surface area contributed by atoms with Gasteiger partial charge in [-0.15, -0.1) is 0 Å². The number of carboxylic acids is 1. The summed E-state index contributed by atoms with van der Waals surface area (Å²) in [4.78, 5) is 15.6. The SMILES string of the molecule is CC(C)(O)C(C)(C)Nc1ccc2c(C(=O)O)cccc2n1. The highest BCUT2D eigenvalue weighted by atomic mass is 16.4. The smallest absolute Gasteiger partial charge is 0.336 e. The van der Waals surface area contributed by atoms with Crippen LogP contribution in [0.25, 0.3) is 10.9 Å². The molecule has 5 nitrogen and oxygen atoms in total. The molecule has 21 heavy (non-hydrogen) atoms. The molecule has 112 valence electrons. The Labute approximate surface area is 123 Å². The van der Waals surface area contributed by atoms with Crippen molar-refractivity contribution in [3.63, 3.8) is 0 Å². The van der Waals surface area contributed by atoms with Gasteiger partial charge in [-0.05, 0) is 52.0 Å². The van der Waals surface area contributed by atoms with Crippen molar-refractivity contribution in [2.75, 3.05) is 5.32 Å². The number of aromatic carboxylic acids is 1. The average molecular weight is 288 g/mol. The van der Waals surface area contributed by atoms with Gasteiger partial charge >= 0.3 is 5.97 Å². The number of fused-ring (bicyclic) bond motifs is 1. The molecule has 5 heteroatoms. The van der Waals surface area contributed by atoms with E-state index in [4.69, 9.17) is 5.11 Å². The van der Waals surface area contributed by atoms with E-state index in [1.54, 1.807) is 44.2 Å². The van der Waals surface area contributed by atoms with Crippen molar-refractivity contribution in [1.29, 1.82) is 0 Å². The number of carbonyl (C=O) groups is 1. The molecule has 0 unspecified atom stereocenters. The lowest BCUT2D eigenvalue weighted by Crippen LogP contribution is -2.51. The van der Waals surface area contributed by atoms with E-state index < -0.39 is 17.1 Å². The number of hydrogen-bond donors (Lipinski definition) is 3. The van der Waals surface area contributed by atoms with Crippen LogP contribution >= 0.6 is 0 Å². The summed E-state index contributed by atoms with van der Waals surface area (Å²) in [5, 5.41) is 23.1. The van der Waals surface area contributed by atoms with Crippen molar-refractivity contribution >= 4 is 22.7 Å². The second-order valence-electron chi connectivity index (χ2n) is 6.18.